The number of esters is 1. The number of hydrogen-bond acceptors (Lipinski definition) is 5. The van der Waals surface area contributed by atoms with E-state index in [0.717, 1.165) is 5.56 Å². The zero-order valence-corrected chi connectivity index (χ0v) is 14.3. The van der Waals surface area contributed by atoms with Crippen LogP contribution in [0.2, 0.25) is 5.02 Å². The van der Waals surface area contributed by atoms with Crippen LogP contribution >= 0.6 is 11.6 Å². The number of rotatable bonds is 6. The van der Waals surface area contributed by atoms with Gasteiger partial charge in [0.1, 0.15) is 11.8 Å². The second-order valence-corrected chi connectivity index (χ2v) is 5.70. The Balaban J connectivity index is 2.35. The highest BCUT2D eigenvalue weighted by Gasteiger charge is 2.18. The summed E-state index contributed by atoms with van der Waals surface area (Å²) in [5.41, 5.74) is 1.35. The first kappa shape index (κ1) is 18.5. The van der Waals surface area contributed by atoms with Gasteiger partial charge < -0.3 is 9.84 Å². The van der Waals surface area contributed by atoms with E-state index in [1.165, 1.54) is 12.1 Å². The number of phenolic OH excluding ortho intramolecular Hbond substituents is 1. The number of nitriles is 1. The van der Waals surface area contributed by atoms with Crippen molar-refractivity contribution in [3.63, 3.8) is 0 Å². The molecular formula is C19H16ClNO4. The molecule has 25 heavy (non-hydrogen) atoms. The summed E-state index contributed by atoms with van der Waals surface area (Å²) < 4.78 is 4.79. The van der Waals surface area contributed by atoms with Crippen LogP contribution in [-0.2, 0) is 9.53 Å². The summed E-state index contributed by atoms with van der Waals surface area (Å²) in [6.45, 7) is 1.92. The molecule has 0 fully saturated rings. The topological polar surface area (TPSA) is 87.4 Å². The van der Waals surface area contributed by atoms with Gasteiger partial charge in [-0.25, -0.2) is 0 Å². The second-order valence-electron chi connectivity index (χ2n) is 5.27. The number of nitrogens with zero attached hydrogens (tertiary/aromatic N) is 1. The molecule has 0 spiro atoms. The number of benzene rings is 2. The van der Waals surface area contributed by atoms with E-state index >= 15 is 0 Å². The molecule has 0 radical (unpaired) electrons. The third kappa shape index (κ3) is 4.59. The normalized spacial score (nSPS) is 10.1. The molecule has 128 valence electrons. The smallest absolute Gasteiger partial charge is 0.306 e. The van der Waals surface area contributed by atoms with Crippen molar-refractivity contribution in [2.75, 3.05) is 6.61 Å². The highest BCUT2D eigenvalue weighted by molar-refractivity contribution is 6.30. The molecule has 0 saturated heterocycles. The Morgan fingerprint density at radius 1 is 1.16 bits per heavy atom. The van der Waals surface area contributed by atoms with E-state index in [-0.39, 0.29) is 36.3 Å². The van der Waals surface area contributed by atoms with Crippen LogP contribution in [0.1, 0.15) is 35.7 Å². The van der Waals surface area contributed by atoms with Crippen LogP contribution in [0, 0.1) is 11.3 Å². The molecule has 6 heteroatoms. The maximum Gasteiger partial charge on any atom is 0.306 e. The fraction of sp³-hybridized carbons (Fsp3) is 0.211. The number of aromatic hydroxyl groups is 1. The summed E-state index contributed by atoms with van der Waals surface area (Å²) in [7, 11) is 0. The van der Waals surface area contributed by atoms with Crippen LogP contribution in [0.4, 0.5) is 0 Å². The van der Waals surface area contributed by atoms with E-state index < -0.39 is 11.8 Å². The number of ether oxygens (including phenoxy) is 1. The van der Waals surface area contributed by atoms with E-state index in [1.807, 2.05) is 6.07 Å². The first-order valence-corrected chi connectivity index (χ1v) is 8.06. The van der Waals surface area contributed by atoms with Crippen LogP contribution in [0.5, 0.6) is 5.75 Å². The summed E-state index contributed by atoms with van der Waals surface area (Å²) in [4.78, 5) is 23.8. The molecule has 2 rings (SSSR count). The van der Waals surface area contributed by atoms with Crippen molar-refractivity contribution in [2.24, 2.45) is 0 Å². The quantitative estimate of drug-likeness (QED) is 0.621. The minimum Gasteiger partial charge on any atom is -0.506 e. The first-order valence-electron chi connectivity index (χ1n) is 7.68. The number of Topliss-reactive ketones (excluding diaryl/α,β-unsaturated/α-hetero) is 1. The van der Waals surface area contributed by atoms with Gasteiger partial charge in [-0.2, -0.15) is 5.26 Å². The van der Waals surface area contributed by atoms with E-state index in [9.17, 15) is 20.0 Å². The number of carbonyl (C=O) groups is 2. The van der Waals surface area contributed by atoms with Gasteiger partial charge in [0.05, 0.1) is 24.2 Å². The number of carbonyl (C=O) groups excluding carboxylic acids is 2. The predicted molar refractivity (Wildman–Crippen MR) is 93.5 cm³/mol. The Morgan fingerprint density at radius 2 is 1.84 bits per heavy atom. The number of hydrogen-bond donors (Lipinski definition) is 1. The van der Waals surface area contributed by atoms with Crippen LogP contribution < -0.4 is 0 Å². The van der Waals surface area contributed by atoms with Crippen LogP contribution in [-0.4, -0.2) is 23.5 Å². The number of ketones is 1. The number of phenols is 1. The lowest BCUT2D eigenvalue weighted by Crippen LogP contribution is -2.08. The molecule has 0 atom stereocenters. The minimum absolute atomic E-state index is 0.00747. The van der Waals surface area contributed by atoms with Crippen molar-refractivity contribution in [1.29, 1.82) is 5.26 Å². The van der Waals surface area contributed by atoms with Gasteiger partial charge in [-0.1, -0.05) is 23.7 Å². The molecular weight excluding hydrogens is 342 g/mol. The molecule has 0 unspecified atom stereocenters. The third-order valence-electron chi connectivity index (χ3n) is 3.57. The van der Waals surface area contributed by atoms with Gasteiger partial charge in [0.2, 0.25) is 0 Å². The molecule has 0 saturated carbocycles. The maximum atomic E-state index is 12.4. The Morgan fingerprint density at radius 3 is 2.44 bits per heavy atom. The first-order chi connectivity index (χ1) is 12.0. The molecule has 2 aromatic carbocycles. The summed E-state index contributed by atoms with van der Waals surface area (Å²) in [6.07, 6.45) is -0.194. The fourth-order valence-corrected chi connectivity index (χ4v) is 2.45. The SMILES string of the molecule is CCOC(=O)CCC(=O)c1cc(-c2ccc(Cl)cc2)cc(C#N)c1O. The van der Waals surface area contributed by atoms with E-state index in [4.69, 9.17) is 16.3 Å². The van der Waals surface area contributed by atoms with Gasteiger partial charge in [0, 0.05) is 11.4 Å². The van der Waals surface area contributed by atoms with Crippen molar-refractivity contribution in [1.82, 2.24) is 0 Å². The third-order valence-corrected chi connectivity index (χ3v) is 3.82. The molecule has 1 N–H and O–H groups in total. The second kappa shape index (κ2) is 8.32. The summed E-state index contributed by atoms with van der Waals surface area (Å²) in [5, 5.41) is 19.9. The lowest BCUT2D eigenvalue weighted by molar-refractivity contribution is -0.143. The summed E-state index contributed by atoms with van der Waals surface area (Å²) in [6, 6.07) is 11.8. The van der Waals surface area contributed by atoms with Gasteiger partial charge >= 0.3 is 5.97 Å². The fourth-order valence-electron chi connectivity index (χ4n) is 2.32. The van der Waals surface area contributed by atoms with E-state index in [2.05, 4.69) is 0 Å². The molecule has 2 aromatic rings. The van der Waals surface area contributed by atoms with Crippen LogP contribution in [0.15, 0.2) is 36.4 Å². The Bertz CT molecular complexity index is 838. The van der Waals surface area contributed by atoms with Gasteiger partial charge in [-0.05, 0) is 42.3 Å². The van der Waals surface area contributed by atoms with Gasteiger partial charge in [0.25, 0.3) is 0 Å². The van der Waals surface area contributed by atoms with Crippen molar-refractivity contribution in [3.8, 4) is 22.9 Å². The standard InChI is InChI=1S/C19H16ClNO4/c1-2-25-18(23)8-7-17(22)16-10-13(9-14(11-21)19(16)24)12-3-5-15(20)6-4-12/h3-6,9-10,24H,2,7-8H2,1H3. The lowest BCUT2D eigenvalue weighted by Gasteiger charge is -2.10. The summed E-state index contributed by atoms with van der Waals surface area (Å²) in [5.74, 6) is -1.29. The predicted octanol–water partition coefficient (Wildman–Crippen LogP) is 4.11. The van der Waals surface area contributed by atoms with Gasteiger partial charge in [-0.3, -0.25) is 9.59 Å². The maximum absolute atomic E-state index is 12.4. The molecule has 0 bridgehead atoms. The average Bonchev–Trinajstić information content (AvgIpc) is 2.61. The van der Waals surface area contributed by atoms with Gasteiger partial charge in [0.15, 0.2) is 5.78 Å². The lowest BCUT2D eigenvalue weighted by atomic mass is 9.95. The van der Waals surface area contributed by atoms with Crippen LogP contribution in [0.3, 0.4) is 0 Å². The molecule has 0 amide bonds. The van der Waals surface area contributed by atoms with E-state index in [0.29, 0.717) is 10.6 Å². The average molecular weight is 358 g/mol. The van der Waals surface area contributed by atoms with E-state index in [1.54, 1.807) is 31.2 Å². The van der Waals surface area contributed by atoms with Crippen molar-refractivity contribution < 1.29 is 19.4 Å². The molecule has 0 aliphatic carbocycles. The Labute approximate surface area is 150 Å². The monoisotopic (exact) mass is 357 g/mol. The molecule has 0 heterocycles. The Hall–Kier alpha value is -2.84. The molecule has 0 aliphatic rings. The number of halogens is 1. The van der Waals surface area contributed by atoms with Crippen LogP contribution in [0.25, 0.3) is 11.1 Å². The largest absolute Gasteiger partial charge is 0.506 e. The molecule has 0 aromatic heterocycles. The zero-order chi connectivity index (χ0) is 18.4. The zero-order valence-electron chi connectivity index (χ0n) is 13.6. The molecule has 5 nitrogen and oxygen atoms in total. The highest BCUT2D eigenvalue weighted by atomic mass is 35.5. The van der Waals surface area contributed by atoms with Crippen molar-refractivity contribution in [3.05, 3.63) is 52.5 Å². The molecule has 0 aliphatic heterocycles. The van der Waals surface area contributed by atoms with Gasteiger partial charge in [-0.15, -0.1) is 0 Å². The minimum atomic E-state index is -0.482. The summed E-state index contributed by atoms with van der Waals surface area (Å²) >= 11 is 5.87. The van der Waals surface area contributed by atoms with Crippen molar-refractivity contribution in [2.45, 2.75) is 19.8 Å². The highest BCUT2D eigenvalue weighted by Crippen LogP contribution is 2.31. The Kier molecular flexibility index (Phi) is 6.15. The van der Waals surface area contributed by atoms with Crippen molar-refractivity contribution >= 4 is 23.4 Å².